The van der Waals surface area contributed by atoms with Gasteiger partial charge in [-0.15, -0.1) is 0 Å². The van der Waals surface area contributed by atoms with Gasteiger partial charge in [0, 0.05) is 32.2 Å². The Kier molecular flexibility index (Phi) is 4.76. The van der Waals surface area contributed by atoms with Crippen LogP contribution >= 0.6 is 0 Å². The van der Waals surface area contributed by atoms with Crippen molar-refractivity contribution in [1.82, 2.24) is 9.80 Å². The summed E-state index contributed by atoms with van der Waals surface area (Å²) in [6.07, 6.45) is 2.92. The fourth-order valence-corrected chi connectivity index (χ4v) is 3.90. The molecule has 24 heavy (non-hydrogen) atoms. The van der Waals surface area contributed by atoms with Crippen molar-refractivity contribution in [2.75, 3.05) is 33.3 Å². The fourth-order valence-electron chi connectivity index (χ4n) is 3.90. The molecule has 3 rings (SSSR count). The van der Waals surface area contributed by atoms with Gasteiger partial charge in [0.25, 0.3) is 0 Å². The van der Waals surface area contributed by atoms with E-state index in [0.717, 1.165) is 44.5 Å². The molecule has 0 saturated carbocycles. The van der Waals surface area contributed by atoms with Crippen LogP contribution in [0, 0.1) is 5.41 Å². The average Bonchev–Trinajstić information content (AvgIpc) is 2.95. The highest BCUT2D eigenvalue weighted by Crippen LogP contribution is 2.40. The molecule has 2 heterocycles. The van der Waals surface area contributed by atoms with Crippen LogP contribution in [0.15, 0.2) is 24.3 Å². The van der Waals surface area contributed by atoms with E-state index in [0.29, 0.717) is 12.3 Å². The summed E-state index contributed by atoms with van der Waals surface area (Å²) in [4.78, 5) is 27.5. The van der Waals surface area contributed by atoms with Gasteiger partial charge in [-0.1, -0.05) is 18.2 Å². The van der Waals surface area contributed by atoms with E-state index in [9.17, 15) is 9.59 Å². The molecule has 2 saturated heterocycles. The van der Waals surface area contributed by atoms with Crippen molar-refractivity contribution >= 4 is 11.9 Å². The Bertz CT molecular complexity index is 633. The van der Waals surface area contributed by atoms with Gasteiger partial charge in [-0.25, -0.2) is 4.79 Å². The number of hydrogen-bond donors (Lipinski definition) is 1. The minimum absolute atomic E-state index is 0.232. The zero-order valence-electron chi connectivity index (χ0n) is 14.0. The third kappa shape index (κ3) is 3.38. The SMILES string of the molecule is CN1CCC[C@]2(CCN(Cc3ccccc3OCC(=O)O)C2)C1=O. The number of hydrogen-bond acceptors (Lipinski definition) is 4. The van der Waals surface area contributed by atoms with Crippen LogP contribution in [0.1, 0.15) is 24.8 Å². The molecule has 6 heteroatoms. The Hall–Kier alpha value is -2.08. The van der Waals surface area contributed by atoms with Crippen LogP contribution in [0.4, 0.5) is 0 Å². The number of ether oxygens (including phenoxy) is 1. The summed E-state index contributed by atoms with van der Waals surface area (Å²) < 4.78 is 5.38. The average molecular weight is 332 g/mol. The molecule has 1 amide bonds. The first kappa shape index (κ1) is 16.8. The summed E-state index contributed by atoms with van der Waals surface area (Å²) in [5.74, 6) is -0.111. The maximum atomic E-state index is 12.6. The van der Waals surface area contributed by atoms with E-state index in [1.165, 1.54) is 0 Å². The zero-order valence-corrected chi connectivity index (χ0v) is 14.0. The Morgan fingerprint density at radius 2 is 2.08 bits per heavy atom. The topological polar surface area (TPSA) is 70.1 Å². The molecule has 0 bridgehead atoms. The van der Waals surface area contributed by atoms with E-state index in [-0.39, 0.29) is 17.9 Å². The molecule has 0 radical (unpaired) electrons. The van der Waals surface area contributed by atoms with Crippen LogP contribution in [0.3, 0.4) is 0 Å². The van der Waals surface area contributed by atoms with E-state index >= 15 is 0 Å². The van der Waals surface area contributed by atoms with E-state index < -0.39 is 5.97 Å². The van der Waals surface area contributed by atoms with Crippen LogP contribution in [0.5, 0.6) is 5.75 Å². The third-order valence-corrected chi connectivity index (χ3v) is 5.10. The Morgan fingerprint density at radius 1 is 1.29 bits per heavy atom. The number of likely N-dealkylation sites (tertiary alicyclic amines) is 2. The van der Waals surface area contributed by atoms with Crippen LogP contribution < -0.4 is 4.74 Å². The molecular weight excluding hydrogens is 308 g/mol. The van der Waals surface area contributed by atoms with Crippen LogP contribution in [-0.2, 0) is 16.1 Å². The normalized spacial score (nSPS) is 24.5. The molecule has 1 aromatic rings. The molecule has 2 aliphatic heterocycles. The number of benzene rings is 1. The molecule has 1 aromatic carbocycles. The first-order chi connectivity index (χ1) is 11.5. The lowest BCUT2D eigenvalue weighted by Crippen LogP contribution is -2.48. The molecule has 130 valence electrons. The molecule has 0 unspecified atom stereocenters. The number of carbonyl (C=O) groups excluding carboxylic acids is 1. The minimum atomic E-state index is -0.985. The lowest BCUT2D eigenvalue weighted by atomic mass is 9.78. The van der Waals surface area contributed by atoms with Crippen molar-refractivity contribution in [1.29, 1.82) is 0 Å². The highest BCUT2D eigenvalue weighted by atomic mass is 16.5. The molecule has 2 aliphatic rings. The Morgan fingerprint density at radius 3 is 2.88 bits per heavy atom. The lowest BCUT2D eigenvalue weighted by Gasteiger charge is -2.37. The lowest BCUT2D eigenvalue weighted by molar-refractivity contribution is -0.144. The summed E-state index contributed by atoms with van der Waals surface area (Å²) in [6.45, 7) is 2.83. The summed E-state index contributed by atoms with van der Waals surface area (Å²) in [5.41, 5.74) is 0.733. The molecule has 1 atom stereocenters. The number of nitrogens with zero attached hydrogens (tertiary/aromatic N) is 2. The molecule has 1 spiro atoms. The quantitative estimate of drug-likeness (QED) is 0.887. The summed E-state index contributed by atoms with van der Waals surface area (Å²) in [6, 6.07) is 7.51. The molecule has 0 aliphatic carbocycles. The standard InChI is InChI=1S/C18H24N2O4/c1-19-9-4-7-18(17(19)23)8-10-20(13-18)11-14-5-2-3-6-15(14)24-12-16(21)22/h2-3,5-6H,4,7-13H2,1H3,(H,21,22)/t18-/m1/s1. The molecule has 2 fully saturated rings. The number of rotatable bonds is 5. The second-order valence-electron chi connectivity index (χ2n) is 6.86. The maximum Gasteiger partial charge on any atom is 0.341 e. The fraction of sp³-hybridized carbons (Fsp3) is 0.556. The summed E-state index contributed by atoms with van der Waals surface area (Å²) >= 11 is 0. The number of piperidine rings is 1. The molecule has 1 N–H and O–H groups in total. The van der Waals surface area contributed by atoms with Gasteiger partial charge in [0.15, 0.2) is 6.61 Å². The van der Waals surface area contributed by atoms with E-state index in [4.69, 9.17) is 9.84 Å². The Balaban J connectivity index is 1.68. The molecule has 0 aromatic heterocycles. The first-order valence-electron chi connectivity index (χ1n) is 8.41. The van der Waals surface area contributed by atoms with Crippen LogP contribution in [0.2, 0.25) is 0 Å². The van der Waals surface area contributed by atoms with Gasteiger partial charge in [-0.2, -0.15) is 0 Å². The monoisotopic (exact) mass is 332 g/mol. The van der Waals surface area contributed by atoms with Gasteiger partial charge >= 0.3 is 5.97 Å². The van der Waals surface area contributed by atoms with Crippen molar-refractivity contribution in [3.8, 4) is 5.75 Å². The van der Waals surface area contributed by atoms with Crippen molar-refractivity contribution in [2.45, 2.75) is 25.8 Å². The molecule has 6 nitrogen and oxygen atoms in total. The minimum Gasteiger partial charge on any atom is -0.482 e. The van der Waals surface area contributed by atoms with Crippen LogP contribution in [0.25, 0.3) is 0 Å². The van der Waals surface area contributed by atoms with Gasteiger partial charge < -0.3 is 14.7 Å². The maximum absolute atomic E-state index is 12.6. The van der Waals surface area contributed by atoms with Crippen molar-refractivity contribution in [2.24, 2.45) is 5.41 Å². The largest absolute Gasteiger partial charge is 0.482 e. The molecular formula is C18H24N2O4. The zero-order chi connectivity index (χ0) is 17.2. The van der Waals surface area contributed by atoms with Gasteiger partial charge in [-0.3, -0.25) is 9.69 Å². The highest BCUT2D eigenvalue weighted by Gasteiger charge is 2.47. The van der Waals surface area contributed by atoms with Crippen LogP contribution in [-0.4, -0.2) is 60.1 Å². The van der Waals surface area contributed by atoms with E-state index in [1.807, 2.05) is 30.1 Å². The first-order valence-corrected chi connectivity index (χ1v) is 8.41. The second kappa shape index (κ2) is 6.81. The smallest absolute Gasteiger partial charge is 0.341 e. The van der Waals surface area contributed by atoms with Crippen molar-refractivity contribution in [3.05, 3.63) is 29.8 Å². The number of carboxylic acid groups (broad SMARTS) is 1. The Labute approximate surface area is 142 Å². The summed E-state index contributed by atoms with van der Waals surface area (Å²) in [7, 11) is 1.89. The number of amides is 1. The number of aliphatic carboxylic acids is 1. The third-order valence-electron chi connectivity index (χ3n) is 5.10. The van der Waals surface area contributed by atoms with Gasteiger partial charge in [0.1, 0.15) is 5.75 Å². The van der Waals surface area contributed by atoms with E-state index in [1.54, 1.807) is 6.07 Å². The second-order valence-corrected chi connectivity index (χ2v) is 6.86. The van der Waals surface area contributed by atoms with Gasteiger partial charge in [-0.05, 0) is 31.9 Å². The van der Waals surface area contributed by atoms with Crippen molar-refractivity contribution in [3.63, 3.8) is 0 Å². The van der Waals surface area contributed by atoms with E-state index in [2.05, 4.69) is 4.90 Å². The number of para-hydroxylation sites is 1. The highest BCUT2D eigenvalue weighted by molar-refractivity contribution is 5.83. The van der Waals surface area contributed by atoms with Gasteiger partial charge in [0.2, 0.25) is 5.91 Å². The predicted octanol–water partition coefficient (Wildman–Crippen LogP) is 1.59. The van der Waals surface area contributed by atoms with Gasteiger partial charge in [0.05, 0.1) is 5.41 Å². The number of carbonyl (C=O) groups is 2. The van der Waals surface area contributed by atoms with Crippen molar-refractivity contribution < 1.29 is 19.4 Å². The summed E-state index contributed by atoms with van der Waals surface area (Å²) in [5, 5.41) is 8.79. The number of carboxylic acids is 1. The predicted molar refractivity (Wildman–Crippen MR) is 88.8 cm³/mol.